The van der Waals surface area contributed by atoms with Crippen LogP contribution in [0.25, 0.3) is 10.9 Å². The third-order valence-electron chi connectivity index (χ3n) is 2.53. The molecule has 0 fully saturated rings. The topological polar surface area (TPSA) is 34.2 Å². The molecule has 0 saturated carbocycles. The predicted molar refractivity (Wildman–Crippen MR) is 62.9 cm³/mol. The first-order chi connectivity index (χ1) is 9.30. The quantitative estimate of drug-likeness (QED) is 0.864. The van der Waals surface area contributed by atoms with Crippen molar-refractivity contribution in [2.75, 3.05) is 12.4 Å². The maximum Gasteiger partial charge on any atom is 0.573 e. The normalized spacial score (nSPS) is 11.9. The van der Waals surface area contributed by atoms with Crippen LogP contribution in [0.3, 0.4) is 0 Å². The van der Waals surface area contributed by atoms with Crippen LogP contribution in [0.15, 0.2) is 24.3 Å². The van der Waals surface area contributed by atoms with E-state index in [0.717, 1.165) is 18.2 Å². The van der Waals surface area contributed by atoms with Gasteiger partial charge in [-0.25, -0.2) is 13.8 Å². The van der Waals surface area contributed by atoms with E-state index in [0.29, 0.717) is 0 Å². The minimum atomic E-state index is -4.82. The van der Waals surface area contributed by atoms with Gasteiger partial charge in [-0.3, -0.25) is 0 Å². The Kier molecular flexibility index (Phi) is 3.65. The van der Waals surface area contributed by atoms with Gasteiger partial charge < -0.3 is 10.1 Å². The lowest BCUT2D eigenvalue weighted by atomic mass is 10.1. The van der Waals surface area contributed by atoms with E-state index >= 15 is 0 Å². The number of fused-ring (bicyclic) bond motifs is 1. The fourth-order valence-electron chi connectivity index (χ4n) is 1.74. The average Bonchev–Trinajstić information content (AvgIpc) is 2.35. The Morgan fingerprint density at radius 1 is 1.20 bits per heavy atom. The molecule has 8 heteroatoms. The summed E-state index contributed by atoms with van der Waals surface area (Å²) in [6.45, 7) is 0. The Hall–Kier alpha value is -2.12. The summed E-state index contributed by atoms with van der Waals surface area (Å²) in [5, 5.41) is 2.91. The third-order valence-corrected chi connectivity index (χ3v) is 2.53. The summed E-state index contributed by atoms with van der Waals surface area (Å²) < 4.78 is 65.5. The molecular weight excluding hydrogens is 283 g/mol. The summed E-state index contributed by atoms with van der Waals surface area (Å²) in [5.74, 6) is -0.437. The lowest BCUT2D eigenvalue weighted by molar-refractivity contribution is -0.274. The standard InChI is InChI=1S/C12H9F5N2O/c1-18-9-5-10(11(13)14)19-8-3-2-6(4-7(8)9)20-12(15,16)17/h2-5,11H,1H3,(H,18,19). The van der Waals surface area contributed by atoms with Crippen molar-refractivity contribution in [2.24, 2.45) is 0 Å². The van der Waals surface area contributed by atoms with Gasteiger partial charge in [-0.2, -0.15) is 0 Å². The Bertz CT molecular complexity index is 627. The summed E-state index contributed by atoms with van der Waals surface area (Å²) in [6, 6.07) is 4.40. The van der Waals surface area contributed by atoms with Crippen molar-refractivity contribution in [2.45, 2.75) is 12.8 Å². The van der Waals surface area contributed by atoms with Crippen LogP contribution in [0.5, 0.6) is 5.75 Å². The van der Waals surface area contributed by atoms with Crippen molar-refractivity contribution < 1.29 is 26.7 Å². The van der Waals surface area contributed by atoms with Gasteiger partial charge in [0.05, 0.1) is 5.52 Å². The van der Waals surface area contributed by atoms with E-state index in [2.05, 4.69) is 15.0 Å². The molecule has 0 unspecified atom stereocenters. The van der Waals surface area contributed by atoms with E-state index in [9.17, 15) is 22.0 Å². The van der Waals surface area contributed by atoms with Gasteiger partial charge in [0.25, 0.3) is 6.43 Å². The van der Waals surface area contributed by atoms with E-state index < -0.39 is 24.2 Å². The van der Waals surface area contributed by atoms with E-state index in [1.54, 1.807) is 0 Å². The second kappa shape index (κ2) is 5.10. The maximum atomic E-state index is 12.6. The molecule has 20 heavy (non-hydrogen) atoms. The molecular formula is C12H9F5N2O. The smallest absolute Gasteiger partial charge is 0.406 e. The monoisotopic (exact) mass is 292 g/mol. The van der Waals surface area contributed by atoms with Gasteiger partial charge in [-0.05, 0) is 24.3 Å². The van der Waals surface area contributed by atoms with Crippen LogP contribution in [0.4, 0.5) is 27.6 Å². The zero-order chi connectivity index (χ0) is 14.9. The number of alkyl halides is 5. The van der Waals surface area contributed by atoms with Crippen LogP contribution in [-0.2, 0) is 0 Å². The van der Waals surface area contributed by atoms with Crippen LogP contribution >= 0.6 is 0 Å². The second-order valence-corrected chi connectivity index (χ2v) is 3.87. The molecule has 0 spiro atoms. The number of hydrogen-bond acceptors (Lipinski definition) is 3. The highest BCUT2D eigenvalue weighted by atomic mass is 19.4. The maximum absolute atomic E-state index is 12.6. The van der Waals surface area contributed by atoms with Crippen molar-refractivity contribution >= 4 is 16.6 Å². The molecule has 2 rings (SSSR count). The number of halogens is 5. The van der Waals surface area contributed by atoms with Gasteiger partial charge in [0.1, 0.15) is 11.4 Å². The first kappa shape index (κ1) is 14.3. The van der Waals surface area contributed by atoms with E-state index in [1.807, 2.05) is 0 Å². The molecule has 0 atom stereocenters. The SMILES string of the molecule is CNc1cc(C(F)F)nc2ccc(OC(F)(F)F)cc12. The minimum Gasteiger partial charge on any atom is -0.406 e. The summed E-state index contributed by atoms with van der Waals surface area (Å²) >= 11 is 0. The molecule has 0 bridgehead atoms. The highest BCUT2D eigenvalue weighted by molar-refractivity contribution is 5.92. The Balaban J connectivity index is 2.54. The number of rotatable bonds is 3. The molecule has 0 aliphatic heterocycles. The molecule has 1 N–H and O–H groups in total. The molecule has 1 heterocycles. The van der Waals surface area contributed by atoms with Crippen molar-refractivity contribution in [3.8, 4) is 5.75 Å². The van der Waals surface area contributed by atoms with Crippen LogP contribution in [-0.4, -0.2) is 18.4 Å². The zero-order valence-electron chi connectivity index (χ0n) is 10.1. The molecule has 3 nitrogen and oxygen atoms in total. The number of nitrogens with one attached hydrogen (secondary N) is 1. The number of ether oxygens (including phenoxy) is 1. The molecule has 0 saturated heterocycles. The molecule has 0 aliphatic carbocycles. The first-order valence-corrected chi connectivity index (χ1v) is 5.46. The Morgan fingerprint density at radius 2 is 1.90 bits per heavy atom. The highest BCUT2D eigenvalue weighted by Crippen LogP contribution is 2.32. The summed E-state index contributed by atoms with van der Waals surface area (Å²) in [7, 11) is 1.47. The van der Waals surface area contributed by atoms with Crippen LogP contribution in [0.2, 0.25) is 0 Å². The number of pyridine rings is 1. The van der Waals surface area contributed by atoms with Crippen LogP contribution in [0, 0.1) is 0 Å². The van der Waals surface area contributed by atoms with Crippen molar-refractivity contribution in [1.29, 1.82) is 0 Å². The molecule has 1 aromatic heterocycles. The lowest BCUT2D eigenvalue weighted by Crippen LogP contribution is -2.17. The average molecular weight is 292 g/mol. The Morgan fingerprint density at radius 3 is 2.45 bits per heavy atom. The number of hydrogen-bond donors (Lipinski definition) is 1. The minimum absolute atomic E-state index is 0.154. The van der Waals surface area contributed by atoms with Crippen LogP contribution in [0.1, 0.15) is 12.1 Å². The molecule has 1 aromatic carbocycles. The first-order valence-electron chi connectivity index (χ1n) is 5.46. The van der Waals surface area contributed by atoms with Gasteiger partial charge in [0, 0.05) is 18.1 Å². The summed E-state index contributed by atoms with van der Waals surface area (Å²) in [6.07, 6.45) is -7.58. The molecule has 0 aliphatic rings. The fourth-order valence-corrected chi connectivity index (χ4v) is 1.74. The molecule has 0 radical (unpaired) electrons. The van der Waals surface area contributed by atoms with Crippen molar-refractivity contribution in [3.63, 3.8) is 0 Å². The van der Waals surface area contributed by atoms with Gasteiger partial charge in [-0.1, -0.05) is 0 Å². The summed E-state index contributed by atoms with van der Waals surface area (Å²) in [4.78, 5) is 3.69. The zero-order valence-corrected chi connectivity index (χ0v) is 10.1. The van der Waals surface area contributed by atoms with E-state index in [-0.39, 0.29) is 16.6 Å². The lowest BCUT2D eigenvalue weighted by Gasteiger charge is -2.12. The number of benzene rings is 1. The summed E-state index contributed by atoms with van der Waals surface area (Å²) in [5.41, 5.74) is -0.0501. The third kappa shape index (κ3) is 3.06. The number of nitrogens with zero attached hydrogens (tertiary/aromatic N) is 1. The number of anilines is 1. The van der Waals surface area contributed by atoms with Gasteiger partial charge in [0.2, 0.25) is 0 Å². The van der Waals surface area contributed by atoms with Crippen molar-refractivity contribution in [3.05, 3.63) is 30.0 Å². The fraction of sp³-hybridized carbons (Fsp3) is 0.250. The Labute approximate surface area is 110 Å². The second-order valence-electron chi connectivity index (χ2n) is 3.87. The van der Waals surface area contributed by atoms with Crippen LogP contribution < -0.4 is 10.1 Å². The molecule has 0 amide bonds. The molecule has 108 valence electrons. The predicted octanol–water partition coefficient (Wildman–Crippen LogP) is 4.11. The van der Waals surface area contributed by atoms with Gasteiger partial charge in [-0.15, -0.1) is 13.2 Å². The highest BCUT2D eigenvalue weighted by Gasteiger charge is 2.31. The van der Waals surface area contributed by atoms with Gasteiger partial charge >= 0.3 is 6.36 Å². The largest absolute Gasteiger partial charge is 0.573 e. The van der Waals surface area contributed by atoms with E-state index in [4.69, 9.17) is 0 Å². The van der Waals surface area contributed by atoms with Gasteiger partial charge in [0.15, 0.2) is 0 Å². The van der Waals surface area contributed by atoms with Crippen molar-refractivity contribution in [1.82, 2.24) is 4.98 Å². The number of aromatic nitrogens is 1. The molecule has 2 aromatic rings. The van der Waals surface area contributed by atoms with E-state index in [1.165, 1.54) is 13.1 Å².